The number of ether oxygens (including phenoxy) is 1. The van der Waals surface area contributed by atoms with Gasteiger partial charge in [0.25, 0.3) is 0 Å². The van der Waals surface area contributed by atoms with Crippen molar-refractivity contribution in [2.75, 3.05) is 18.9 Å². The number of para-hydroxylation sites is 1. The zero-order chi connectivity index (χ0) is 14.9. The van der Waals surface area contributed by atoms with Gasteiger partial charge in [0.1, 0.15) is 0 Å². The van der Waals surface area contributed by atoms with Crippen LogP contribution in [-0.2, 0) is 16.0 Å². The van der Waals surface area contributed by atoms with E-state index in [1.165, 1.54) is 25.7 Å². The van der Waals surface area contributed by atoms with Crippen LogP contribution in [0.15, 0.2) is 24.3 Å². The first-order chi connectivity index (χ1) is 10.3. The number of benzene rings is 1. The number of nitrogens with one attached hydrogen (secondary N) is 1. The molecule has 0 bridgehead atoms. The fraction of sp³-hybridized carbons (Fsp3) is 0.588. The third-order valence-electron chi connectivity index (χ3n) is 3.98. The molecule has 1 aromatic carbocycles. The fourth-order valence-corrected chi connectivity index (χ4v) is 2.70. The van der Waals surface area contributed by atoms with Crippen molar-refractivity contribution in [1.82, 2.24) is 5.32 Å². The number of hydrogen-bond acceptors (Lipinski definition) is 3. The Hall–Kier alpha value is -1.55. The minimum Gasteiger partial charge on any atom is -0.399 e. The van der Waals surface area contributed by atoms with Crippen molar-refractivity contribution in [3.8, 4) is 0 Å². The largest absolute Gasteiger partial charge is 0.399 e. The molecule has 1 aromatic rings. The summed E-state index contributed by atoms with van der Waals surface area (Å²) in [5.41, 5.74) is 7.66. The second-order valence-electron chi connectivity index (χ2n) is 5.68. The number of amides is 1. The molecule has 0 saturated heterocycles. The number of rotatable bonds is 8. The number of nitrogens with two attached hydrogens (primary N) is 1. The summed E-state index contributed by atoms with van der Waals surface area (Å²) in [6.07, 6.45) is 7.51. The van der Waals surface area contributed by atoms with Crippen LogP contribution in [0.4, 0.5) is 5.69 Å². The Morgan fingerprint density at radius 1 is 1.29 bits per heavy atom. The van der Waals surface area contributed by atoms with Crippen LogP contribution < -0.4 is 11.1 Å². The first-order valence-corrected chi connectivity index (χ1v) is 7.97. The van der Waals surface area contributed by atoms with Gasteiger partial charge in [0.15, 0.2) is 0 Å². The predicted octanol–water partition coefficient (Wildman–Crippen LogP) is 2.67. The van der Waals surface area contributed by atoms with Crippen molar-refractivity contribution >= 4 is 11.6 Å². The van der Waals surface area contributed by atoms with E-state index in [2.05, 4.69) is 5.32 Å². The predicted molar refractivity (Wildman–Crippen MR) is 85.0 cm³/mol. The van der Waals surface area contributed by atoms with E-state index in [0.717, 1.165) is 24.3 Å². The summed E-state index contributed by atoms with van der Waals surface area (Å²) < 4.78 is 5.76. The molecule has 4 heteroatoms. The molecule has 1 saturated carbocycles. The maximum Gasteiger partial charge on any atom is 0.220 e. The molecular weight excluding hydrogens is 264 g/mol. The molecule has 1 amide bonds. The van der Waals surface area contributed by atoms with Gasteiger partial charge >= 0.3 is 0 Å². The van der Waals surface area contributed by atoms with Crippen LogP contribution in [0.25, 0.3) is 0 Å². The van der Waals surface area contributed by atoms with Gasteiger partial charge in [-0.25, -0.2) is 0 Å². The van der Waals surface area contributed by atoms with Crippen molar-refractivity contribution in [1.29, 1.82) is 0 Å². The van der Waals surface area contributed by atoms with Gasteiger partial charge in [0, 0.05) is 25.3 Å². The van der Waals surface area contributed by atoms with E-state index in [9.17, 15) is 4.79 Å². The molecule has 0 aromatic heterocycles. The lowest BCUT2D eigenvalue weighted by Gasteiger charge is -2.11. The van der Waals surface area contributed by atoms with Crippen molar-refractivity contribution < 1.29 is 9.53 Å². The molecule has 1 fully saturated rings. The fourth-order valence-electron chi connectivity index (χ4n) is 2.70. The first kappa shape index (κ1) is 15.8. The Kier molecular flexibility index (Phi) is 6.54. The summed E-state index contributed by atoms with van der Waals surface area (Å²) in [7, 11) is 0. The third-order valence-corrected chi connectivity index (χ3v) is 3.98. The minimum absolute atomic E-state index is 0.0825. The molecule has 0 radical (unpaired) electrons. The normalized spacial score (nSPS) is 15.2. The van der Waals surface area contributed by atoms with E-state index in [1.807, 2.05) is 24.3 Å². The molecule has 0 spiro atoms. The number of anilines is 1. The second-order valence-corrected chi connectivity index (χ2v) is 5.68. The molecule has 0 atom stereocenters. The minimum atomic E-state index is 0.0825. The average molecular weight is 290 g/mol. The molecule has 0 unspecified atom stereocenters. The van der Waals surface area contributed by atoms with Gasteiger partial charge in [-0.1, -0.05) is 31.0 Å². The Morgan fingerprint density at radius 3 is 2.81 bits per heavy atom. The summed E-state index contributed by atoms with van der Waals surface area (Å²) in [4.78, 5) is 11.8. The maximum absolute atomic E-state index is 11.8. The first-order valence-electron chi connectivity index (χ1n) is 7.97. The summed E-state index contributed by atoms with van der Waals surface area (Å²) in [5.74, 6) is 0.0825. The molecule has 3 N–H and O–H groups in total. The van der Waals surface area contributed by atoms with Gasteiger partial charge in [-0.05, 0) is 37.3 Å². The van der Waals surface area contributed by atoms with Crippen LogP contribution in [0, 0.1) is 0 Å². The van der Waals surface area contributed by atoms with E-state index in [1.54, 1.807) is 0 Å². The number of aryl methyl sites for hydroxylation is 1. The van der Waals surface area contributed by atoms with Crippen molar-refractivity contribution in [2.45, 2.75) is 51.0 Å². The lowest BCUT2D eigenvalue weighted by atomic mass is 10.1. The van der Waals surface area contributed by atoms with Crippen molar-refractivity contribution in [2.24, 2.45) is 0 Å². The molecule has 1 aliphatic rings. The summed E-state index contributed by atoms with van der Waals surface area (Å²) in [5, 5.41) is 2.94. The summed E-state index contributed by atoms with van der Waals surface area (Å²) in [6.45, 7) is 1.44. The third kappa shape index (κ3) is 5.76. The zero-order valence-corrected chi connectivity index (χ0v) is 12.6. The van der Waals surface area contributed by atoms with Crippen LogP contribution in [0.3, 0.4) is 0 Å². The standard InChI is InChI=1S/C17H26N2O2/c18-16-9-4-1-6-14(16)10-11-17(20)19-12-5-13-21-15-7-2-3-8-15/h1,4,6,9,15H,2-3,5,7-8,10-13,18H2,(H,19,20). The van der Waals surface area contributed by atoms with Crippen LogP contribution in [0.5, 0.6) is 0 Å². The average Bonchev–Trinajstić information content (AvgIpc) is 2.99. The van der Waals surface area contributed by atoms with Gasteiger partial charge < -0.3 is 15.8 Å². The molecule has 1 aliphatic carbocycles. The zero-order valence-electron chi connectivity index (χ0n) is 12.6. The van der Waals surface area contributed by atoms with E-state index in [0.29, 0.717) is 25.5 Å². The smallest absolute Gasteiger partial charge is 0.220 e. The Morgan fingerprint density at radius 2 is 2.05 bits per heavy atom. The van der Waals surface area contributed by atoms with Crippen molar-refractivity contribution in [3.63, 3.8) is 0 Å². The second kappa shape index (κ2) is 8.67. The molecule has 0 aliphatic heterocycles. The van der Waals surface area contributed by atoms with E-state index >= 15 is 0 Å². The highest BCUT2D eigenvalue weighted by Crippen LogP contribution is 2.20. The lowest BCUT2D eigenvalue weighted by molar-refractivity contribution is -0.121. The van der Waals surface area contributed by atoms with Gasteiger partial charge in [-0.3, -0.25) is 4.79 Å². The topological polar surface area (TPSA) is 64.4 Å². The van der Waals surface area contributed by atoms with E-state index in [-0.39, 0.29) is 5.91 Å². The quantitative estimate of drug-likeness (QED) is 0.571. The van der Waals surface area contributed by atoms with Crippen LogP contribution in [0.1, 0.15) is 44.1 Å². The Balaban J connectivity index is 1.52. The van der Waals surface area contributed by atoms with Crippen LogP contribution in [0.2, 0.25) is 0 Å². The van der Waals surface area contributed by atoms with Gasteiger partial charge in [0.05, 0.1) is 6.10 Å². The van der Waals surface area contributed by atoms with Gasteiger partial charge in [-0.2, -0.15) is 0 Å². The summed E-state index contributed by atoms with van der Waals surface area (Å²) in [6, 6.07) is 7.69. The van der Waals surface area contributed by atoms with E-state index in [4.69, 9.17) is 10.5 Å². The Labute approximate surface area is 127 Å². The number of hydrogen-bond donors (Lipinski definition) is 2. The number of carbonyl (C=O) groups is 1. The molecular formula is C17H26N2O2. The highest BCUT2D eigenvalue weighted by Gasteiger charge is 2.14. The molecule has 0 heterocycles. The molecule has 21 heavy (non-hydrogen) atoms. The van der Waals surface area contributed by atoms with Gasteiger partial charge in [-0.15, -0.1) is 0 Å². The highest BCUT2D eigenvalue weighted by molar-refractivity contribution is 5.76. The van der Waals surface area contributed by atoms with Gasteiger partial charge in [0.2, 0.25) is 5.91 Å². The molecule has 116 valence electrons. The van der Waals surface area contributed by atoms with Crippen LogP contribution in [-0.4, -0.2) is 25.2 Å². The van der Waals surface area contributed by atoms with E-state index < -0.39 is 0 Å². The van der Waals surface area contributed by atoms with Crippen LogP contribution >= 0.6 is 0 Å². The monoisotopic (exact) mass is 290 g/mol. The lowest BCUT2D eigenvalue weighted by Crippen LogP contribution is -2.26. The van der Waals surface area contributed by atoms with Crippen molar-refractivity contribution in [3.05, 3.63) is 29.8 Å². The summed E-state index contributed by atoms with van der Waals surface area (Å²) >= 11 is 0. The molecule has 4 nitrogen and oxygen atoms in total. The Bertz CT molecular complexity index is 442. The maximum atomic E-state index is 11.8. The highest BCUT2D eigenvalue weighted by atomic mass is 16.5. The SMILES string of the molecule is Nc1ccccc1CCC(=O)NCCCOC1CCCC1. The molecule has 2 rings (SSSR count). The number of nitrogen functional groups attached to an aromatic ring is 1. The number of carbonyl (C=O) groups excluding carboxylic acids is 1.